The van der Waals surface area contributed by atoms with E-state index in [4.69, 9.17) is 4.74 Å². The first-order valence-corrected chi connectivity index (χ1v) is 6.59. The Morgan fingerprint density at radius 2 is 2.21 bits per heavy atom. The van der Waals surface area contributed by atoms with E-state index >= 15 is 0 Å². The number of carbonyl (C=O) groups is 1. The summed E-state index contributed by atoms with van der Waals surface area (Å²) in [5, 5.41) is 12.2. The van der Waals surface area contributed by atoms with Crippen molar-refractivity contribution in [2.45, 2.75) is 12.5 Å². The smallest absolute Gasteiger partial charge is 0.234 e. The van der Waals surface area contributed by atoms with Crippen LogP contribution < -0.4 is 10.1 Å². The molecule has 1 aromatic rings. The standard InChI is InChI=1S/C14H20N2O3/c17-12-6-8-16(10-12)11-14(18)15-7-9-19-13-4-2-1-3-5-13/h1-5,12,17H,6-11H2,(H,15,18)/t12-/m0/s1. The molecule has 0 radical (unpaired) electrons. The van der Waals surface area contributed by atoms with Gasteiger partial charge in [0.2, 0.25) is 5.91 Å². The van der Waals surface area contributed by atoms with Gasteiger partial charge in [-0.25, -0.2) is 0 Å². The zero-order valence-corrected chi connectivity index (χ0v) is 10.9. The van der Waals surface area contributed by atoms with Crippen LogP contribution in [0, 0.1) is 0 Å². The first-order chi connectivity index (χ1) is 9.24. The van der Waals surface area contributed by atoms with Crippen LogP contribution in [-0.2, 0) is 4.79 Å². The Labute approximate surface area is 113 Å². The lowest BCUT2D eigenvalue weighted by Crippen LogP contribution is -2.38. The number of carbonyl (C=O) groups excluding carboxylic acids is 1. The Bertz CT molecular complexity index is 397. The molecule has 5 nitrogen and oxygen atoms in total. The lowest BCUT2D eigenvalue weighted by Gasteiger charge is -2.14. The fourth-order valence-corrected chi connectivity index (χ4v) is 2.09. The Kier molecular flexibility index (Phi) is 5.18. The summed E-state index contributed by atoms with van der Waals surface area (Å²) in [6, 6.07) is 9.51. The van der Waals surface area contributed by atoms with Crippen molar-refractivity contribution in [3.63, 3.8) is 0 Å². The van der Waals surface area contributed by atoms with Crippen molar-refractivity contribution in [3.8, 4) is 5.75 Å². The van der Waals surface area contributed by atoms with Crippen LogP contribution >= 0.6 is 0 Å². The number of aliphatic hydroxyl groups is 1. The van der Waals surface area contributed by atoms with E-state index in [1.165, 1.54) is 0 Å². The van der Waals surface area contributed by atoms with E-state index < -0.39 is 0 Å². The number of β-amino-alcohol motifs (C(OH)–C–C–N with tert-alkyl or cyclic N) is 1. The van der Waals surface area contributed by atoms with Gasteiger partial charge < -0.3 is 15.2 Å². The number of hydrogen-bond donors (Lipinski definition) is 2. The summed E-state index contributed by atoms with van der Waals surface area (Å²) in [7, 11) is 0. The van der Waals surface area contributed by atoms with Gasteiger partial charge in [-0.1, -0.05) is 18.2 Å². The van der Waals surface area contributed by atoms with Crippen LogP contribution in [0.2, 0.25) is 0 Å². The number of aliphatic hydroxyl groups excluding tert-OH is 1. The van der Waals surface area contributed by atoms with Crippen LogP contribution in [0.4, 0.5) is 0 Å². The summed E-state index contributed by atoms with van der Waals surface area (Å²) in [4.78, 5) is 13.6. The number of amides is 1. The van der Waals surface area contributed by atoms with E-state index in [1.807, 2.05) is 35.2 Å². The molecule has 0 bridgehead atoms. The summed E-state index contributed by atoms with van der Waals surface area (Å²) in [6.07, 6.45) is 0.471. The summed E-state index contributed by atoms with van der Waals surface area (Å²) in [5.74, 6) is 0.783. The molecule has 104 valence electrons. The Hall–Kier alpha value is -1.59. The zero-order chi connectivity index (χ0) is 13.5. The highest BCUT2D eigenvalue weighted by atomic mass is 16.5. The molecule has 5 heteroatoms. The molecular weight excluding hydrogens is 244 g/mol. The van der Waals surface area contributed by atoms with E-state index in [-0.39, 0.29) is 12.0 Å². The average Bonchev–Trinajstić information content (AvgIpc) is 2.81. The van der Waals surface area contributed by atoms with Gasteiger partial charge in [0.15, 0.2) is 0 Å². The van der Waals surface area contributed by atoms with E-state index in [9.17, 15) is 9.90 Å². The molecular formula is C14H20N2O3. The van der Waals surface area contributed by atoms with Crippen molar-refractivity contribution in [2.24, 2.45) is 0 Å². The highest BCUT2D eigenvalue weighted by Gasteiger charge is 2.21. The topological polar surface area (TPSA) is 61.8 Å². The fourth-order valence-electron chi connectivity index (χ4n) is 2.09. The molecule has 19 heavy (non-hydrogen) atoms. The fraction of sp³-hybridized carbons (Fsp3) is 0.500. The number of nitrogens with one attached hydrogen (secondary N) is 1. The maximum absolute atomic E-state index is 11.6. The van der Waals surface area contributed by atoms with Gasteiger partial charge in [0.25, 0.3) is 0 Å². The van der Waals surface area contributed by atoms with Crippen LogP contribution in [0.1, 0.15) is 6.42 Å². The van der Waals surface area contributed by atoms with Crippen molar-refractivity contribution < 1.29 is 14.6 Å². The number of ether oxygens (including phenoxy) is 1. The predicted octanol–water partition coefficient (Wildman–Crippen LogP) is 0.248. The van der Waals surface area contributed by atoms with Crippen molar-refractivity contribution >= 4 is 5.91 Å². The Balaban J connectivity index is 1.57. The third-order valence-electron chi connectivity index (χ3n) is 3.05. The highest BCUT2D eigenvalue weighted by Crippen LogP contribution is 2.08. The minimum Gasteiger partial charge on any atom is -0.492 e. The van der Waals surface area contributed by atoms with E-state index in [0.717, 1.165) is 18.7 Å². The first-order valence-electron chi connectivity index (χ1n) is 6.59. The largest absolute Gasteiger partial charge is 0.492 e. The van der Waals surface area contributed by atoms with Gasteiger partial charge in [-0.3, -0.25) is 9.69 Å². The number of rotatable bonds is 6. The molecule has 0 spiro atoms. The van der Waals surface area contributed by atoms with Crippen LogP contribution in [0.15, 0.2) is 30.3 Å². The van der Waals surface area contributed by atoms with Crippen LogP contribution in [0.25, 0.3) is 0 Å². The maximum Gasteiger partial charge on any atom is 0.234 e. The van der Waals surface area contributed by atoms with Gasteiger partial charge in [-0.05, 0) is 18.6 Å². The third kappa shape index (κ3) is 4.89. The molecule has 1 fully saturated rings. The zero-order valence-electron chi connectivity index (χ0n) is 10.9. The molecule has 1 aliphatic rings. The summed E-state index contributed by atoms with van der Waals surface area (Å²) >= 11 is 0. The Morgan fingerprint density at radius 3 is 2.89 bits per heavy atom. The van der Waals surface area contributed by atoms with Crippen LogP contribution in [0.3, 0.4) is 0 Å². The molecule has 1 aromatic carbocycles. The second-order valence-corrected chi connectivity index (χ2v) is 4.69. The van der Waals surface area contributed by atoms with Gasteiger partial charge in [0.1, 0.15) is 12.4 Å². The summed E-state index contributed by atoms with van der Waals surface area (Å²) < 4.78 is 5.48. The molecule has 0 unspecified atom stereocenters. The van der Waals surface area contributed by atoms with Gasteiger partial charge in [-0.15, -0.1) is 0 Å². The van der Waals surface area contributed by atoms with Gasteiger partial charge >= 0.3 is 0 Å². The molecule has 2 rings (SSSR count). The SMILES string of the molecule is O=C(CN1CC[C@H](O)C1)NCCOc1ccccc1. The third-order valence-corrected chi connectivity index (χ3v) is 3.05. The summed E-state index contributed by atoms with van der Waals surface area (Å²) in [6.45, 7) is 2.67. The number of likely N-dealkylation sites (tertiary alicyclic amines) is 1. The number of hydrogen-bond acceptors (Lipinski definition) is 4. The molecule has 0 aromatic heterocycles. The number of benzene rings is 1. The van der Waals surface area contributed by atoms with Crippen LogP contribution in [0.5, 0.6) is 5.75 Å². The quantitative estimate of drug-likeness (QED) is 0.723. The van der Waals surface area contributed by atoms with Crippen molar-refractivity contribution in [3.05, 3.63) is 30.3 Å². The first kappa shape index (κ1) is 13.8. The lowest BCUT2D eigenvalue weighted by atomic mass is 10.3. The number of nitrogens with zero attached hydrogens (tertiary/aromatic N) is 1. The molecule has 1 aliphatic heterocycles. The monoisotopic (exact) mass is 264 g/mol. The van der Waals surface area contributed by atoms with Gasteiger partial charge in [-0.2, -0.15) is 0 Å². The molecule has 1 saturated heterocycles. The predicted molar refractivity (Wildman–Crippen MR) is 72.0 cm³/mol. The van der Waals surface area contributed by atoms with Crippen molar-refractivity contribution in [2.75, 3.05) is 32.8 Å². The Morgan fingerprint density at radius 1 is 1.42 bits per heavy atom. The minimum atomic E-state index is -0.283. The van der Waals surface area contributed by atoms with E-state index in [2.05, 4.69) is 5.32 Å². The second kappa shape index (κ2) is 7.11. The van der Waals surface area contributed by atoms with Gasteiger partial charge in [0, 0.05) is 13.1 Å². The maximum atomic E-state index is 11.6. The van der Waals surface area contributed by atoms with Crippen molar-refractivity contribution in [1.82, 2.24) is 10.2 Å². The number of para-hydroxylation sites is 1. The molecule has 0 saturated carbocycles. The lowest BCUT2D eigenvalue weighted by molar-refractivity contribution is -0.122. The summed E-state index contributed by atoms with van der Waals surface area (Å²) in [5.41, 5.74) is 0. The molecule has 1 heterocycles. The minimum absolute atomic E-state index is 0.0224. The van der Waals surface area contributed by atoms with E-state index in [0.29, 0.717) is 26.2 Å². The second-order valence-electron chi connectivity index (χ2n) is 4.69. The molecule has 2 N–H and O–H groups in total. The molecule has 1 atom stereocenters. The van der Waals surface area contributed by atoms with E-state index in [1.54, 1.807) is 0 Å². The molecule has 0 aliphatic carbocycles. The van der Waals surface area contributed by atoms with Crippen LogP contribution in [-0.4, -0.2) is 54.8 Å². The highest BCUT2D eigenvalue weighted by molar-refractivity contribution is 5.78. The molecule has 1 amide bonds. The van der Waals surface area contributed by atoms with Gasteiger partial charge in [0.05, 0.1) is 19.2 Å². The average molecular weight is 264 g/mol. The normalized spacial score (nSPS) is 19.3. The van der Waals surface area contributed by atoms with Crippen molar-refractivity contribution in [1.29, 1.82) is 0 Å².